The fourth-order valence-corrected chi connectivity index (χ4v) is 2.04. The van der Waals surface area contributed by atoms with Crippen LogP contribution in [0.4, 0.5) is 5.82 Å². The number of amides is 1. The Balaban J connectivity index is 2.99. The smallest absolute Gasteiger partial charge is 0.272 e. The van der Waals surface area contributed by atoms with Gasteiger partial charge in [0.2, 0.25) is 0 Å². The molecule has 1 aromatic heterocycles. The van der Waals surface area contributed by atoms with E-state index in [0.29, 0.717) is 24.6 Å². The van der Waals surface area contributed by atoms with Crippen molar-refractivity contribution in [2.75, 3.05) is 31.6 Å². The molecule has 5 nitrogen and oxygen atoms in total. The van der Waals surface area contributed by atoms with Crippen LogP contribution in [0.1, 0.15) is 49.9 Å². The molecule has 0 bridgehead atoms. The van der Waals surface area contributed by atoms with Gasteiger partial charge >= 0.3 is 0 Å². The second-order valence-electron chi connectivity index (χ2n) is 4.91. The van der Waals surface area contributed by atoms with Crippen molar-refractivity contribution in [2.24, 2.45) is 0 Å². The molecule has 0 aliphatic rings. The van der Waals surface area contributed by atoms with Crippen molar-refractivity contribution in [3.8, 4) is 0 Å². The van der Waals surface area contributed by atoms with Crippen molar-refractivity contribution in [1.82, 2.24) is 14.9 Å². The summed E-state index contributed by atoms with van der Waals surface area (Å²) in [5.41, 5.74) is 0.486. The van der Waals surface area contributed by atoms with Crippen LogP contribution < -0.4 is 4.90 Å². The highest BCUT2D eigenvalue weighted by Gasteiger charge is 2.16. The summed E-state index contributed by atoms with van der Waals surface area (Å²) in [6.07, 6.45) is 2.25. The van der Waals surface area contributed by atoms with Crippen molar-refractivity contribution in [3.63, 3.8) is 0 Å². The number of carbonyl (C=O) groups is 1. The van der Waals surface area contributed by atoms with E-state index in [-0.39, 0.29) is 5.91 Å². The largest absolute Gasteiger partial charge is 0.360 e. The zero-order chi connectivity index (χ0) is 15.1. The summed E-state index contributed by atoms with van der Waals surface area (Å²) in [4.78, 5) is 24.9. The highest BCUT2D eigenvalue weighted by atomic mass is 16.2. The number of nitrogens with zero attached hydrogens (tertiary/aromatic N) is 4. The van der Waals surface area contributed by atoms with E-state index >= 15 is 0 Å². The minimum atomic E-state index is -0.0226. The molecule has 0 saturated heterocycles. The Morgan fingerprint density at radius 3 is 2.40 bits per heavy atom. The van der Waals surface area contributed by atoms with Crippen LogP contribution in [0.5, 0.6) is 0 Å². The van der Waals surface area contributed by atoms with Crippen LogP contribution in [0.15, 0.2) is 6.07 Å². The summed E-state index contributed by atoms with van der Waals surface area (Å²) in [5, 5.41) is 0. The van der Waals surface area contributed by atoms with Gasteiger partial charge in [-0.05, 0) is 27.2 Å². The van der Waals surface area contributed by atoms with Gasteiger partial charge in [-0.2, -0.15) is 0 Å². The molecule has 0 saturated carbocycles. The van der Waals surface area contributed by atoms with Crippen LogP contribution in [0.2, 0.25) is 0 Å². The first kappa shape index (κ1) is 16.4. The number of unbranched alkanes of at least 4 members (excludes halogenated alkanes) is 1. The second kappa shape index (κ2) is 7.82. The van der Waals surface area contributed by atoms with Crippen molar-refractivity contribution >= 4 is 11.7 Å². The number of aromatic nitrogens is 2. The van der Waals surface area contributed by atoms with Crippen LogP contribution in [0.25, 0.3) is 0 Å². The van der Waals surface area contributed by atoms with Gasteiger partial charge in [-0.25, -0.2) is 9.97 Å². The first-order chi connectivity index (χ1) is 9.53. The van der Waals surface area contributed by atoms with E-state index < -0.39 is 0 Å². The van der Waals surface area contributed by atoms with Gasteiger partial charge in [-0.3, -0.25) is 4.79 Å². The lowest BCUT2D eigenvalue weighted by Crippen LogP contribution is -2.31. The zero-order valence-corrected chi connectivity index (χ0v) is 13.3. The van der Waals surface area contributed by atoms with Gasteiger partial charge in [0, 0.05) is 32.7 Å². The lowest BCUT2D eigenvalue weighted by Gasteiger charge is -2.21. The molecule has 0 radical (unpaired) electrons. The molecule has 5 heteroatoms. The highest BCUT2D eigenvalue weighted by molar-refractivity contribution is 5.93. The number of aryl methyl sites for hydroxylation is 1. The summed E-state index contributed by atoms with van der Waals surface area (Å²) < 4.78 is 0. The van der Waals surface area contributed by atoms with Crippen LogP contribution in [-0.2, 0) is 0 Å². The third-order valence-corrected chi connectivity index (χ3v) is 3.33. The number of anilines is 1. The van der Waals surface area contributed by atoms with Gasteiger partial charge in [0.05, 0.1) is 0 Å². The van der Waals surface area contributed by atoms with Crippen molar-refractivity contribution in [1.29, 1.82) is 0 Å². The van der Waals surface area contributed by atoms with E-state index in [0.717, 1.165) is 25.2 Å². The molecule has 1 rings (SSSR count). The van der Waals surface area contributed by atoms with Gasteiger partial charge in [0.15, 0.2) is 0 Å². The molecular formula is C15H26N4O. The van der Waals surface area contributed by atoms with Gasteiger partial charge in [0.25, 0.3) is 5.91 Å². The van der Waals surface area contributed by atoms with Crippen molar-refractivity contribution in [2.45, 2.75) is 40.5 Å². The van der Waals surface area contributed by atoms with Crippen LogP contribution in [0.3, 0.4) is 0 Å². The maximum Gasteiger partial charge on any atom is 0.272 e. The van der Waals surface area contributed by atoms with E-state index in [9.17, 15) is 4.79 Å². The lowest BCUT2D eigenvalue weighted by molar-refractivity contribution is 0.0766. The number of carbonyl (C=O) groups excluding carboxylic acids is 1. The predicted octanol–water partition coefficient (Wildman–Crippen LogP) is 2.50. The monoisotopic (exact) mass is 278 g/mol. The zero-order valence-electron chi connectivity index (χ0n) is 13.3. The lowest BCUT2D eigenvalue weighted by atomic mass is 10.3. The average molecular weight is 278 g/mol. The number of hydrogen-bond donors (Lipinski definition) is 0. The first-order valence-electron chi connectivity index (χ1n) is 7.39. The molecule has 1 heterocycles. The van der Waals surface area contributed by atoms with Gasteiger partial charge in [-0.1, -0.05) is 13.3 Å². The SMILES string of the molecule is CCCCN(C)c1cc(C(=O)N(CC)CC)nc(C)n1. The Kier molecular flexibility index (Phi) is 6.42. The summed E-state index contributed by atoms with van der Waals surface area (Å²) in [7, 11) is 2.00. The Morgan fingerprint density at radius 1 is 1.20 bits per heavy atom. The number of rotatable bonds is 7. The van der Waals surface area contributed by atoms with Crippen LogP contribution in [0, 0.1) is 6.92 Å². The topological polar surface area (TPSA) is 49.3 Å². The highest BCUT2D eigenvalue weighted by Crippen LogP contribution is 2.13. The van der Waals surface area contributed by atoms with E-state index in [1.807, 2.05) is 27.8 Å². The average Bonchev–Trinajstić information content (AvgIpc) is 2.45. The molecular weight excluding hydrogens is 252 g/mol. The summed E-state index contributed by atoms with van der Waals surface area (Å²) in [6, 6.07) is 1.79. The van der Waals surface area contributed by atoms with Gasteiger partial charge in [-0.15, -0.1) is 0 Å². The summed E-state index contributed by atoms with van der Waals surface area (Å²) in [6.45, 7) is 10.3. The van der Waals surface area contributed by atoms with Gasteiger partial charge < -0.3 is 9.80 Å². The van der Waals surface area contributed by atoms with E-state index in [4.69, 9.17) is 0 Å². The fraction of sp³-hybridized carbons (Fsp3) is 0.667. The van der Waals surface area contributed by atoms with Crippen molar-refractivity contribution < 1.29 is 4.79 Å². The Bertz CT molecular complexity index is 443. The summed E-state index contributed by atoms with van der Waals surface area (Å²) >= 11 is 0. The predicted molar refractivity (Wildman–Crippen MR) is 82.2 cm³/mol. The normalized spacial score (nSPS) is 10.4. The molecule has 0 aromatic carbocycles. The van der Waals surface area contributed by atoms with Crippen molar-refractivity contribution in [3.05, 3.63) is 17.6 Å². The quantitative estimate of drug-likeness (QED) is 0.769. The Labute approximate surface area is 122 Å². The molecule has 20 heavy (non-hydrogen) atoms. The molecule has 0 unspecified atom stereocenters. The third kappa shape index (κ3) is 4.18. The molecule has 112 valence electrons. The minimum absolute atomic E-state index is 0.0226. The first-order valence-corrected chi connectivity index (χ1v) is 7.39. The van der Waals surface area contributed by atoms with Crippen LogP contribution >= 0.6 is 0 Å². The molecule has 0 fully saturated rings. The fourth-order valence-electron chi connectivity index (χ4n) is 2.04. The number of hydrogen-bond acceptors (Lipinski definition) is 4. The van der Waals surface area contributed by atoms with E-state index in [2.05, 4.69) is 21.8 Å². The molecule has 1 amide bonds. The molecule has 0 spiro atoms. The minimum Gasteiger partial charge on any atom is -0.360 e. The maximum atomic E-state index is 12.4. The van der Waals surface area contributed by atoms with E-state index in [1.54, 1.807) is 11.0 Å². The molecule has 0 aliphatic heterocycles. The maximum absolute atomic E-state index is 12.4. The molecule has 1 aromatic rings. The van der Waals surface area contributed by atoms with Gasteiger partial charge in [0.1, 0.15) is 17.3 Å². The van der Waals surface area contributed by atoms with Crippen LogP contribution in [-0.4, -0.2) is 47.5 Å². The molecule has 0 atom stereocenters. The van der Waals surface area contributed by atoms with E-state index in [1.165, 1.54) is 0 Å². The Hall–Kier alpha value is -1.65. The molecule has 0 N–H and O–H groups in total. The third-order valence-electron chi connectivity index (χ3n) is 3.33. The summed E-state index contributed by atoms with van der Waals surface area (Å²) in [5.74, 6) is 1.44. The Morgan fingerprint density at radius 2 is 1.85 bits per heavy atom. The molecule has 0 aliphatic carbocycles. The second-order valence-corrected chi connectivity index (χ2v) is 4.91. The standard InChI is InChI=1S/C15H26N4O/c1-6-9-10-18(5)14-11-13(16-12(4)17-14)15(20)19(7-2)8-3/h11H,6-10H2,1-5H3.